The topological polar surface area (TPSA) is 120 Å². The Morgan fingerprint density at radius 1 is 1.13 bits per heavy atom. The molecular formula is C20H18Cl2N2O5S. The van der Waals surface area contributed by atoms with Gasteiger partial charge in [-0.3, -0.25) is 14.3 Å². The highest BCUT2D eigenvalue weighted by Crippen LogP contribution is 2.31. The lowest BCUT2D eigenvalue weighted by atomic mass is 10.1. The number of primary amides is 1. The number of amides is 1. The third-order valence-corrected chi connectivity index (χ3v) is 5.28. The molecule has 3 rings (SSSR count). The highest BCUT2D eigenvalue weighted by molar-refractivity contribution is 7.85. The zero-order chi connectivity index (χ0) is 22.5. The van der Waals surface area contributed by atoms with Gasteiger partial charge in [-0.15, -0.1) is 0 Å². The van der Waals surface area contributed by atoms with Crippen LogP contribution in [0, 0.1) is 6.92 Å². The zero-order valence-electron chi connectivity index (χ0n) is 16.0. The molecule has 0 aliphatic rings. The van der Waals surface area contributed by atoms with E-state index >= 15 is 0 Å². The first-order chi connectivity index (χ1) is 14.0. The van der Waals surface area contributed by atoms with Gasteiger partial charge in [-0.1, -0.05) is 35.3 Å². The average molecular weight is 469 g/mol. The van der Waals surface area contributed by atoms with E-state index < -0.39 is 16.0 Å². The quantitative estimate of drug-likeness (QED) is 0.547. The van der Waals surface area contributed by atoms with Crippen LogP contribution in [-0.4, -0.2) is 31.0 Å². The van der Waals surface area contributed by atoms with Crippen LogP contribution in [0.25, 0.3) is 11.3 Å². The molecule has 0 bridgehead atoms. The maximum absolute atomic E-state index is 11.0. The Balaban J connectivity index is 0.000000248. The van der Waals surface area contributed by atoms with Crippen LogP contribution in [0.15, 0.2) is 59.6 Å². The molecule has 158 valence electrons. The normalized spacial score (nSPS) is 10.7. The molecule has 0 fully saturated rings. The first-order valence-electron chi connectivity index (χ1n) is 8.37. The SMILES string of the molecule is COc1ccccc1-c1ncc(S(=O)(=O)O)cc1C.NC(=O)c1ccc(Cl)cc1Cl. The van der Waals surface area contributed by atoms with Gasteiger partial charge in [-0.2, -0.15) is 8.42 Å². The Labute approximate surface area is 184 Å². The maximum atomic E-state index is 11.0. The van der Waals surface area contributed by atoms with Crippen molar-refractivity contribution in [1.29, 1.82) is 0 Å². The molecule has 0 spiro atoms. The van der Waals surface area contributed by atoms with Crippen LogP contribution in [0.2, 0.25) is 10.0 Å². The lowest BCUT2D eigenvalue weighted by Gasteiger charge is -2.10. The fourth-order valence-corrected chi connectivity index (χ4v) is 3.51. The molecule has 1 heterocycles. The zero-order valence-corrected chi connectivity index (χ0v) is 18.3. The molecule has 2 aromatic carbocycles. The number of aromatic nitrogens is 1. The van der Waals surface area contributed by atoms with E-state index in [0.717, 1.165) is 11.8 Å². The summed E-state index contributed by atoms with van der Waals surface area (Å²) in [6.07, 6.45) is 1.13. The van der Waals surface area contributed by atoms with Crippen LogP contribution in [-0.2, 0) is 10.1 Å². The van der Waals surface area contributed by atoms with E-state index in [0.29, 0.717) is 22.0 Å². The molecule has 0 saturated heterocycles. The number of hydrogen-bond acceptors (Lipinski definition) is 5. The first-order valence-corrected chi connectivity index (χ1v) is 10.6. The second-order valence-electron chi connectivity index (χ2n) is 6.00. The third kappa shape index (κ3) is 5.93. The van der Waals surface area contributed by atoms with Gasteiger partial charge in [0, 0.05) is 16.8 Å². The molecule has 3 aromatic rings. The van der Waals surface area contributed by atoms with Crippen LogP contribution < -0.4 is 10.5 Å². The number of methoxy groups -OCH3 is 1. The minimum atomic E-state index is -4.23. The number of halogens is 2. The number of para-hydroxylation sites is 1. The van der Waals surface area contributed by atoms with Crippen molar-refractivity contribution < 1.29 is 22.5 Å². The summed E-state index contributed by atoms with van der Waals surface area (Å²) in [5, 5.41) is 0.769. The van der Waals surface area contributed by atoms with E-state index in [1.165, 1.54) is 18.2 Å². The van der Waals surface area contributed by atoms with Gasteiger partial charge in [0.2, 0.25) is 5.91 Å². The summed E-state index contributed by atoms with van der Waals surface area (Å²) >= 11 is 11.2. The number of nitrogens with two attached hydrogens (primary N) is 1. The molecule has 0 radical (unpaired) electrons. The average Bonchev–Trinajstić information content (AvgIpc) is 2.67. The number of aryl methyl sites for hydroxylation is 1. The van der Waals surface area contributed by atoms with Crippen LogP contribution in [0.1, 0.15) is 15.9 Å². The van der Waals surface area contributed by atoms with E-state index in [1.54, 1.807) is 26.2 Å². The number of carbonyl (C=O) groups is 1. The Hall–Kier alpha value is -2.65. The van der Waals surface area contributed by atoms with Crippen molar-refractivity contribution in [1.82, 2.24) is 4.98 Å². The van der Waals surface area contributed by atoms with Crippen molar-refractivity contribution in [2.24, 2.45) is 5.73 Å². The first kappa shape index (κ1) is 23.6. The second kappa shape index (κ2) is 9.90. The second-order valence-corrected chi connectivity index (χ2v) is 8.27. The standard InChI is InChI=1S/C13H13NO4S.C7H5Cl2NO/c1-9-7-10(19(15,16)17)8-14-13(9)11-5-3-4-6-12(11)18-2;8-4-1-2-5(7(10)11)6(9)3-4/h3-8H,1-2H3,(H,15,16,17);1-3H,(H2,10,11). The largest absolute Gasteiger partial charge is 0.496 e. The third-order valence-electron chi connectivity index (χ3n) is 3.91. The smallest absolute Gasteiger partial charge is 0.296 e. The summed E-state index contributed by atoms with van der Waals surface area (Å²) in [6, 6.07) is 13.2. The Kier molecular flexibility index (Phi) is 7.80. The molecule has 3 N–H and O–H groups in total. The fourth-order valence-electron chi connectivity index (χ4n) is 2.50. The number of hydrogen-bond donors (Lipinski definition) is 2. The Morgan fingerprint density at radius 3 is 2.33 bits per heavy atom. The van der Waals surface area contributed by atoms with E-state index in [1.807, 2.05) is 18.2 Å². The summed E-state index contributed by atoms with van der Waals surface area (Å²) in [6.45, 7) is 1.73. The van der Waals surface area contributed by atoms with Crippen molar-refractivity contribution in [3.63, 3.8) is 0 Å². The highest BCUT2D eigenvalue weighted by Gasteiger charge is 2.15. The highest BCUT2D eigenvalue weighted by atomic mass is 35.5. The summed E-state index contributed by atoms with van der Waals surface area (Å²) in [4.78, 5) is 14.5. The monoisotopic (exact) mass is 468 g/mol. The van der Waals surface area contributed by atoms with Crippen LogP contribution >= 0.6 is 23.2 Å². The van der Waals surface area contributed by atoms with Gasteiger partial charge in [0.15, 0.2) is 0 Å². The molecular weight excluding hydrogens is 451 g/mol. The lowest BCUT2D eigenvalue weighted by Crippen LogP contribution is -2.11. The fraction of sp³-hybridized carbons (Fsp3) is 0.100. The van der Waals surface area contributed by atoms with Crippen molar-refractivity contribution in [3.8, 4) is 17.0 Å². The van der Waals surface area contributed by atoms with Gasteiger partial charge in [0.25, 0.3) is 10.1 Å². The van der Waals surface area contributed by atoms with Crippen molar-refractivity contribution in [3.05, 3.63) is 75.9 Å². The number of rotatable bonds is 4. The number of ether oxygens (including phenoxy) is 1. The van der Waals surface area contributed by atoms with Crippen molar-refractivity contribution in [2.45, 2.75) is 11.8 Å². The molecule has 7 nitrogen and oxygen atoms in total. The molecule has 1 aromatic heterocycles. The molecule has 10 heteroatoms. The molecule has 1 amide bonds. The molecule has 0 atom stereocenters. The molecule has 0 aliphatic carbocycles. The summed E-state index contributed by atoms with van der Waals surface area (Å²) in [5.41, 5.74) is 7.31. The minimum absolute atomic E-state index is 0.219. The lowest BCUT2D eigenvalue weighted by molar-refractivity contribution is 0.100. The maximum Gasteiger partial charge on any atom is 0.296 e. The van der Waals surface area contributed by atoms with Crippen molar-refractivity contribution >= 4 is 39.2 Å². The molecule has 30 heavy (non-hydrogen) atoms. The number of pyridine rings is 1. The predicted molar refractivity (Wildman–Crippen MR) is 116 cm³/mol. The number of carbonyl (C=O) groups excluding carboxylic acids is 1. The van der Waals surface area contributed by atoms with Gasteiger partial charge >= 0.3 is 0 Å². The number of benzene rings is 2. The summed E-state index contributed by atoms with van der Waals surface area (Å²) in [7, 11) is -2.68. The van der Waals surface area contributed by atoms with E-state index in [2.05, 4.69) is 4.98 Å². The number of nitrogens with zero attached hydrogens (tertiary/aromatic N) is 1. The van der Waals surface area contributed by atoms with Gasteiger partial charge in [0.05, 0.1) is 23.4 Å². The Morgan fingerprint density at radius 2 is 1.80 bits per heavy atom. The summed E-state index contributed by atoms with van der Waals surface area (Å²) in [5.74, 6) is 0.101. The predicted octanol–water partition coefficient (Wildman–Crippen LogP) is 4.40. The minimum Gasteiger partial charge on any atom is -0.496 e. The summed E-state index contributed by atoms with van der Waals surface area (Å²) < 4.78 is 36.3. The van der Waals surface area contributed by atoms with Crippen LogP contribution in [0.4, 0.5) is 0 Å². The van der Waals surface area contributed by atoms with E-state index in [-0.39, 0.29) is 15.5 Å². The van der Waals surface area contributed by atoms with Gasteiger partial charge in [0.1, 0.15) is 10.6 Å². The van der Waals surface area contributed by atoms with Gasteiger partial charge in [-0.25, -0.2) is 0 Å². The van der Waals surface area contributed by atoms with Crippen LogP contribution in [0.3, 0.4) is 0 Å². The van der Waals surface area contributed by atoms with Crippen molar-refractivity contribution in [2.75, 3.05) is 7.11 Å². The van der Waals surface area contributed by atoms with Crippen LogP contribution in [0.5, 0.6) is 5.75 Å². The Bertz CT molecular complexity index is 1180. The van der Waals surface area contributed by atoms with E-state index in [4.69, 9.17) is 38.2 Å². The van der Waals surface area contributed by atoms with E-state index in [9.17, 15) is 13.2 Å². The van der Waals surface area contributed by atoms with Gasteiger partial charge in [-0.05, 0) is 48.9 Å². The molecule has 0 aliphatic heterocycles. The van der Waals surface area contributed by atoms with Gasteiger partial charge < -0.3 is 10.5 Å². The molecule has 0 saturated carbocycles. The molecule has 0 unspecified atom stereocenters.